The number of hydrogen-bond acceptors (Lipinski definition) is 10. The maximum atomic E-state index is 13.0. The molecule has 0 aliphatic rings. The molecular weight excluding hydrogens is 1000 g/mol. The second-order valence-corrected chi connectivity index (χ2v) is 23.0. The lowest BCUT2D eigenvalue weighted by molar-refractivity contribution is -0.161. The summed E-state index contributed by atoms with van der Waals surface area (Å²) < 4.78 is 39.7. The molecule has 0 saturated carbocycles. The molecule has 11 nitrogen and oxygen atoms in total. The van der Waals surface area contributed by atoms with Crippen LogP contribution in [0.2, 0.25) is 0 Å². The predicted molar refractivity (Wildman–Crippen MR) is 325 cm³/mol. The maximum absolute atomic E-state index is 13.0. The summed E-state index contributed by atoms with van der Waals surface area (Å²) in [5, 5.41) is 9.84. The van der Waals surface area contributed by atoms with E-state index >= 15 is 0 Å². The van der Waals surface area contributed by atoms with Crippen LogP contribution in [0.1, 0.15) is 303 Å². The quantitative estimate of drug-likeness (QED) is 0.0197. The Morgan fingerprint density at radius 3 is 0.987 bits per heavy atom. The average molecular weight is 1120 g/mol. The van der Waals surface area contributed by atoms with Crippen molar-refractivity contribution < 1.29 is 52.2 Å². The van der Waals surface area contributed by atoms with Gasteiger partial charge in [0.25, 0.3) is 0 Å². The summed E-state index contributed by atoms with van der Waals surface area (Å²) in [4.78, 5) is 48.7. The molecule has 12 heteroatoms. The third-order valence-corrected chi connectivity index (χ3v) is 14.9. The Labute approximate surface area is 478 Å². The first kappa shape index (κ1) is 75.2. The maximum Gasteiger partial charge on any atom is 0.472 e. The summed E-state index contributed by atoms with van der Waals surface area (Å²) in [6.07, 6.45) is 67.3. The van der Waals surface area contributed by atoms with Crippen LogP contribution in [0.4, 0.5) is 0 Å². The van der Waals surface area contributed by atoms with E-state index in [0.29, 0.717) is 19.3 Å². The third-order valence-electron chi connectivity index (χ3n) is 13.9. The highest BCUT2D eigenvalue weighted by molar-refractivity contribution is 7.47. The zero-order valence-electron chi connectivity index (χ0n) is 50.4. The topological polar surface area (TPSA) is 155 Å². The fourth-order valence-corrected chi connectivity index (χ4v) is 9.77. The van der Waals surface area contributed by atoms with E-state index in [1.165, 1.54) is 141 Å². The van der Waals surface area contributed by atoms with Gasteiger partial charge < -0.3 is 24.2 Å². The van der Waals surface area contributed by atoms with Gasteiger partial charge in [-0.25, -0.2) is 4.57 Å². The first-order valence-corrected chi connectivity index (χ1v) is 33.7. The summed E-state index contributed by atoms with van der Waals surface area (Å²) in [7, 11) is -4.75. The predicted octanol–water partition coefficient (Wildman–Crippen LogP) is 19.5. The summed E-state index contributed by atoms with van der Waals surface area (Å²) in [6.45, 7) is 4.62. The zero-order valence-corrected chi connectivity index (χ0v) is 51.3. The van der Waals surface area contributed by atoms with Crippen molar-refractivity contribution in [3.8, 4) is 0 Å². The van der Waals surface area contributed by atoms with E-state index in [-0.39, 0.29) is 25.9 Å². The molecular formula is C66H119O11P. The molecule has 3 atom stereocenters. The van der Waals surface area contributed by atoms with E-state index in [1.54, 1.807) is 0 Å². The number of carbonyl (C=O) groups is 3. The Balaban J connectivity index is 4.72. The van der Waals surface area contributed by atoms with Crippen molar-refractivity contribution in [3.05, 3.63) is 60.8 Å². The monoisotopic (exact) mass is 1120 g/mol. The minimum atomic E-state index is -4.75. The van der Waals surface area contributed by atoms with Crippen molar-refractivity contribution in [1.82, 2.24) is 0 Å². The molecule has 0 aromatic carbocycles. The zero-order chi connectivity index (χ0) is 56.9. The molecule has 78 heavy (non-hydrogen) atoms. The molecule has 0 amide bonds. The SMILES string of the molecule is CCCCC/C=C\C/C=C\C/C=C\CCCCCCCCC(=O)OCC(COP(=O)(O)OCC(CO)OC(=O)CCCCCCCCCCCCCCC)OC(=O)CCCCCCCCCCC/C=C\C/C=C\CCCCC. The van der Waals surface area contributed by atoms with Crippen molar-refractivity contribution in [2.45, 2.75) is 315 Å². The van der Waals surface area contributed by atoms with E-state index in [2.05, 4.69) is 81.5 Å². The highest BCUT2D eigenvalue weighted by Crippen LogP contribution is 2.43. The molecule has 2 N–H and O–H groups in total. The lowest BCUT2D eigenvalue weighted by Crippen LogP contribution is -2.30. The van der Waals surface area contributed by atoms with Crippen molar-refractivity contribution in [2.24, 2.45) is 0 Å². The fraction of sp³-hybridized carbons (Fsp3) is 0.803. The van der Waals surface area contributed by atoms with E-state index in [1.807, 2.05) is 0 Å². The molecule has 3 unspecified atom stereocenters. The second kappa shape index (κ2) is 60.3. The number of phosphoric ester groups is 1. The van der Waals surface area contributed by atoms with Gasteiger partial charge in [-0.1, -0.05) is 255 Å². The number of esters is 3. The largest absolute Gasteiger partial charge is 0.472 e. The van der Waals surface area contributed by atoms with Crippen LogP contribution in [0.25, 0.3) is 0 Å². The average Bonchev–Trinajstić information content (AvgIpc) is 3.43. The van der Waals surface area contributed by atoms with E-state index in [4.69, 9.17) is 23.3 Å². The molecule has 0 spiro atoms. The Bertz CT molecular complexity index is 1540. The number of carbonyl (C=O) groups excluding carboxylic acids is 3. The first-order chi connectivity index (χ1) is 38.2. The van der Waals surface area contributed by atoms with Crippen LogP contribution in [0.15, 0.2) is 60.8 Å². The summed E-state index contributed by atoms with van der Waals surface area (Å²) in [6, 6.07) is 0. The molecule has 0 heterocycles. The van der Waals surface area contributed by atoms with Crippen molar-refractivity contribution in [1.29, 1.82) is 0 Å². The number of rotatable bonds is 60. The van der Waals surface area contributed by atoms with E-state index in [0.717, 1.165) is 103 Å². The van der Waals surface area contributed by atoms with Crippen LogP contribution in [-0.2, 0) is 42.2 Å². The number of aliphatic hydroxyl groups excluding tert-OH is 1. The lowest BCUT2D eigenvalue weighted by atomic mass is 10.0. The smallest absolute Gasteiger partial charge is 0.462 e. The Kier molecular flexibility index (Phi) is 58.1. The van der Waals surface area contributed by atoms with Gasteiger partial charge in [-0.05, 0) is 89.9 Å². The standard InChI is InChI=1S/C66H119O11P/c1-4-7-10-13-16-19-22-25-27-29-31-33-35-38-40-43-46-49-52-55-64(68)73-59-63(77-66(70)57-54-51-48-45-42-39-36-34-32-30-28-26-23-20-17-14-11-8-5-2)61-75-78(71,72)74-60-62(58-67)76-65(69)56-53-50-47-44-41-37-24-21-18-15-12-9-6-3/h16-17,19-20,25-28,31,33,62-63,67H,4-15,18,21-24,29-30,32,34-61H2,1-3H3,(H,71,72)/b19-16-,20-17-,27-25-,28-26-,33-31-. The van der Waals surface area contributed by atoms with Gasteiger partial charge in [0.1, 0.15) is 12.7 Å². The number of aliphatic hydroxyl groups is 1. The Morgan fingerprint density at radius 1 is 0.359 bits per heavy atom. The van der Waals surface area contributed by atoms with Crippen LogP contribution in [0.3, 0.4) is 0 Å². The van der Waals surface area contributed by atoms with E-state index < -0.39 is 57.8 Å². The molecule has 0 aliphatic heterocycles. The molecule has 454 valence electrons. The number of phosphoric acid groups is 1. The van der Waals surface area contributed by atoms with Gasteiger partial charge in [-0.15, -0.1) is 0 Å². The molecule has 0 fully saturated rings. The van der Waals surface area contributed by atoms with Crippen molar-refractivity contribution in [3.63, 3.8) is 0 Å². The van der Waals surface area contributed by atoms with Crippen LogP contribution < -0.4 is 0 Å². The summed E-state index contributed by atoms with van der Waals surface area (Å²) >= 11 is 0. The first-order valence-electron chi connectivity index (χ1n) is 32.2. The van der Waals surface area contributed by atoms with Crippen LogP contribution >= 0.6 is 7.82 Å². The molecule has 0 aromatic rings. The Hall–Kier alpha value is -2.82. The highest BCUT2D eigenvalue weighted by Gasteiger charge is 2.28. The summed E-state index contributed by atoms with van der Waals surface area (Å²) in [5.74, 6) is -1.47. The van der Waals surface area contributed by atoms with Gasteiger partial charge in [0.2, 0.25) is 0 Å². The number of ether oxygens (including phenoxy) is 3. The fourth-order valence-electron chi connectivity index (χ4n) is 8.98. The van der Waals surface area contributed by atoms with Gasteiger partial charge >= 0.3 is 25.7 Å². The van der Waals surface area contributed by atoms with Gasteiger partial charge in [0.15, 0.2) is 6.10 Å². The van der Waals surface area contributed by atoms with Crippen LogP contribution in [-0.4, -0.2) is 66.5 Å². The molecule has 0 aromatic heterocycles. The molecule has 0 bridgehead atoms. The molecule has 0 aliphatic carbocycles. The molecule has 0 rings (SSSR count). The molecule has 0 radical (unpaired) electrons. The van der Waals surface area contributed by atoms with Crippen LogP contribution in [0, 0.1) is 0 Å². The van der Waals surface area contributed by atoms with Gasteiger partial charge in [0.05, 0.1) is 19.8 Å². The highest BCUT2D eigenvalue weighted by atomic mass is 31.2. The molecule has 0 saturated heterocycles. The number of hydrogen-bond donors (Lipinski definition) is 2. The van der Waals surface area contributed by atoms with Gasteiger partial charge in [-0.3, -0.25) is 23.4 Å². The number of allylic oxidation sites excluding steroid dienone is 10. The minimum Gasteiger partial charge on any atom is -0.462 e. The van der Waals surface area contributed by atoms with Gasteiger partial charge in [-0.2, -0.15) is 0 Å². The third kappa shape index (κ3) is 57.9. The minimum absolute atomic E-state index is 0.160. The van der Waals surface area contributed by atoms with Crippen molar-refractivity contribution >= 4 is 25.7 Å². The normalized spacial score (nSPS) is 13.7. The number of unbranched alkanes of at least 4 members (excludes halogenated alkanes) is 33. The second-order valence-electron chi connectivity index (χ2n) is 21.6. The van der Waals surface area contributed by atoms with E-state index in [9.17, 15) is 28.9 Å². The van der Waals surface area contributed by atoms with Crippen molar-refractivity contribution in [2.75, 3.05) is 26.4 Å². The summed E-state index contributed by atoms with van der Waals surface area (Å²) in [5.41, 5.74) is 0. The van der Waals surface area contributed by atoms with Crippen LogP contribution in [0.5, 0.6) is 0 Å². The Morgan fingerprint density at radius 2 is 0.628 bits per heavy atom. The van der Waals surface area contributed by atoms with Gasteiger partial charge in [0, 0.05) is 19.3 Å². The lowest BCUT2D eigenvalue weighted by Gasteiger charge is -2.21.